The third kappa shape index (κ3) is 4.68. The van der Waals surface area contributed by atoms with Gasteiger partial charge in [0.05, 0.1) is 0 Å². The number of benzene rings is 2. The van der Waals surface area contributed by atoms with E-state index in [9.17, 15) is 9.90 Å². The predicted molar refractivity (Wildman–Crippen MR) is 129 cm³/mol. The van der Waals surface area contributed by atoms with Gasteiger partial charge in [-0.25, -0.2) is 4.79 Å². The smallest absolute Gasteiger partial charge is 0.339 e. The van der Waals surface area contributed by atoms with Crippen LogP contribution in [-0.4, -0.2) is 46.8 Å². The lowest BCUT2D eigenvalue weighted by atomic mass is 9.89. The molecule has 0 aliphatic carbocycles. The fourth-order valence-corrected chi connectivity index (χ4v) is 4.74. The van der Waals surface area contributed by atoms with E-state index >= 15 is 0 Å². The fraction of sp³-hybridized carbons (Fsp3) is 0.444. The molecule has 1 atom stereocenters. The summed E-state index contributed by atoms with van der Waals surface area (Å²) in [4.78, 5) is 13.8. The van der Waals surface area contributed by atoms with Crippen molar-refractivity contribution in [1.82, 2.24) is 9.47 Å². The van der Waals surface area contributed by atoms with E-state index in [1.807, 2.05) is 6.07 Å². The van der Waals surface area contributed by atoms with Crippen molar-refractivity contribution >= 4 is 16.9 Å². The number of ether oxygens (including phenoxy) is 1. The molecule has 1 aromatic heterocycles. The minimum absolute atomic E-state index is 0.221. The van der Waals surface area contributed by atoms with Crippen molar-refractivity contribution in [2.75, 3.05) is 26.2 Å². The Kier molecular flexibility index (Phi) is 6.85. The molecule has 3 aromatic rings. The molecule has 1 aliphatic heterocycles. The van der Waals surface area contributed by atoms with Crippen LogP contribution in [-0.2, 0) is 0 Å². The van der Waals surface area contributed by atoms with Gasteiger partial charge in [-0.1, -0.05) is 44.2 Å². The van der Waals surface area contributed by atoms with Crippen LogP contribution in [0.2, 0.25) is 0 Å². The van der Waals surface area contributed by atoms with Crippen molar-refractivity contribution in [3.8, 4) is 5.75 Å². The molecule has 1 aliphatic rings. The Balaban J connectivity index is 1.37. The fourth-order valence-electron chi connectivity index (χ4n) is 4.74. The molecule has 0 amide bonds. The van der Waals surface area contributed by atoms with Gasteiger partial charge in [0.2, 0.25) is 0 Å². The lowest BCUT2D eigenvalue weighted by molar-refractivity contribution is 0.0691. The molecule has 0 bridgehead atoms. The van der Waals surface area contributed by atoms with Crippen LogP contribution in [0.5, 0.6) is 5.75 Å². The number of rotatable bonds is 8. The number of nitrogens with zero attached hydrogens (tertiary/aromatic N) is 2. The van der Waals surface area contributed by atoms with Gasteiger partial charge >= 0.3 is 5.97 Å². The number of carboxylic acids is 1. The first-order chi connectivity index (χ1) is 15.5. The van der Waals surface area contributed by atoms with Gasteiger partial charge in [-0.3, -0.25) is 4.90 Å². The highest BCUT2D eigenvalue weighted by molar-refractivity contribution is 5.90. The lowest BCUT2D eigenvalue weighted by Gasteiger charge is -2.32. The molecule has 1 fully saturated rings. The van der Waals surface area contributed by atoms with Gasteiger partial charge in [0, 0.05) is 29.7 Å². The first-order valence-electron chi connectivity index (χ1n) is 11.7. The van der Waals surface area contributed by atoms with Crippen LogP contribution in [0.1, 0.15) is 61.5 Å². The Morgan fingerprint density at radius 3 is 2.47 bits per heavy atom. The maximum atomic E-state index is 11.3. The molecule has 5 nitrogen and oxygen atoms in total. The van der Waals surface area contributed by atoms with Crippen molar-refractivity contribution < 1.29 is 14.6 Å². The first-order valence-corrected chi connectivity index (χ1v) is 11.7. The largest absolute Gasteiger partial charge is 0.491 e. The van der Waals surface area contributed by atoms with E-state index in [4.69, 9.17) is 4.74 Å². The molecule has 5 heteroatoms. The van der Waals surface area contributed by atoms with E-state index in [0.717, 1.165) is 32.5 Å². The summed E-state index contributed by atoms with van der Waals surface area (Å²) in [5.41, 5.74) is 3.05. The quantitative estimate of drug-likeness (QED) is 0.486. The number of hydrogen-bond acceptors (Lipinski definition) is 3. The molecule has 170 valence electrons. The Morgan fingerprint density at radius 2 is 1.75 bits per heavy atom. The Hall–Kier alpha value is -2.79. The van der Waals surface area contributed by atoms with Crippen molar-refractivity contribution in [2.45, 2.75) is 45.6 Å². The van der Waals surface area contributed by atoms with E-state index in [2.05, 4.69) is 60.7 Å². The number of carbonyl (C=O) groups is 1. The van der Waals surface area contributed by atoms with Crippen LogP contribution in [0.4, 0.5) is 0 Å². The summed E-state index contributed by atoms with van der Waals surface area (Å²) in [6.07, 6.45) is 4.67. The van der Waals surface area contributed by atoms with Gasteiger partial charge in [-0.05, 0) is 68.5 Å². The van der Waals surface area contributed by atoms with E-state index in [0.29, 0.717) is 30.2 Å². The van der Waals surface area contributed by atoms with Gasteiger partial charge < -0.3 is 14.4 Å². The predicted octanol–water partition coefficient (Wildman–Crippen LogP) is 5.81. The van der Waals surface area contributed by atoms with Crippen LogP contribution in [0.3, 0.4) is 0 Å². The SMILES string of the molecule is CC(C)C(C)n1cc(C2CCN(CCOc3ccccc3C(=O)O)CC2)c2ccccc21. The second kappa shape index (κ2) is 9.78. The molecule has 1 saturated heterocycles. The summed E-state index contributed by atoms with van der Waals surface area (Å²) in [7, 11) is 0. The van der Waals surface area contributed by atoms with E-state index in [1.54, 1.807) is 18.2 Å². The molecule has 1 N–H and O–H groups in total. The lowest BCUT2D eigenvalue weighted by Crippen LogP contribution is -2.35. The van der Waals surface area contributed by atoms with Gasteiger partial charge in [-0.2, -0.15) is 0 Å². The summed E-state index contributed by atoms with van der Waals surface area (Å²) in [6.45, 7) is 10.3. The summed E-state index contributed by atoms with van der Waals surface area (Å²) < 4.78 is 8.26. The summed E-state index contributed by atoms with van der Waals surface area (Å²) in [5, 5.41) is 10.7. The average molecular weight is 435 g/mol. The van der Waals surface area contributed by atoms with E-state index in [-0.39, 0.29) is 5.56 Å². The molecule has 0 spiro atoms. The highest BCUT2D eigenvalue weighted by Gasteiger charge is 2.25. The van der Waals surface area contributed by atoms with Crippen LogP contribution in [0.15, 0.2) is 54.7 Å². The monoisotopic (exact) mass is 434 g/mol. The van der Waals surface area contributed by atoms with Crippen molar-refractivity contribution in [3.05, 3.63) is 65.9 Å². The molecular formula is C27H34N2O3. The number of piperidine rings is 1. The Bertz CT molecular complexity index is 1060. The average Bonchev–Trinajstić information content (AvgIpc) is 3.19. The zero-order chi connectivity index (χ0) is 22.7. The highest BCUT2D eigenvalue weighted by Crippen LogP contribution is 2.36. The highest BCUT2D eigenvalue weighted by atomic mass is 16.5. The van der Waals surface area contributed by atoms with Crippen LogP contribution < -0.4 is 4.74 Å². The molecule has 1 unspecified atom stereocenters. The number of aromatic carboxylic acids is 1. The zero-order valence-electron chi connectivity index (χ0n) is 19.3. The summed E-state index contributed by atoms with van der Waals surface area (Å²) in [6, 6.07) is 16.1. The van der Waals surface area contributed by atoms with Crippen molar-refractivity contribution in [3.63, 3.8) is 0 Å². The number of carboxylic acid groups (broad SMARTS) is 1. The minimum atomic E-state index is -0.952. The number of likely N-dealkylation sites (tertiary alicyclic amines) is 1. The van der Waals surface area contributed by atoms with Gasteiger partial charge in [0.15, 0.2) is 0 Å². The summed E-state index contributed by atoms with van der Waals surface area (Å²) >= 11 is 0. The van der Waals surface area contributed by atoms with Gasteiger partial charge in [0.1, 0.15) is 17.9 Å². The number of para-hydroxylation sites is 2. The third-order valence-corrected chi connectivity index (χ3v) is 6.98. The maximum Gasteiger partial charge on any atom is 0.339 e. The molecule has 0 saturated carbocycles. The van der Waals surface area contributed by atoms with Crippen molar-refractivity contribution in [1.29, 1.82) is 0 Å². The molecule has 2 heterocycles. The Morgan fingerprint density at radius 1 is 1.06 bits per heavy atom. The van der Waals surface area contributed by atoms with Crippen LogP contribution in [0.25, 0.3) is 10.9 Å². The van der Waals surface area contributed by atoms with Crippen molar-refractivity contribution in [2.24, 2.45) is 5.92 Å². The first kappa shape index (κ1) is 22.4. The minimum Gasteiger partial charge on any atom is -0.491 e. The molecular weight excluding hydrogens is 400 g/mol. The molecule has 4 rings (SSSR count). The maximum absolute atomic E-state index is 11.3. The number of hydrogen-bond donors (Lipinski definition) is 1. The molecule has 32 heavy (non-hydrogen) atoms. The number of aromatic nitrogens is 1. The van der Waals surface area contributed by atoms with E-state index < -0.39 is 5.97 Å². The zero-order valence-corrected chi connectivity index (χ0v) is 19.3. The van der Waals surface area contributed by atoms with E-state index in [1.165, 1.54) is 16.5 Å². The third-order valence-electron chi connectivity index (χ3n) is 6.98. The van der Waals surface area contributed by atoms with Gasteiger partial charge in [0.25, 0.3) is 0 Å². The standard InChI is InChI=1S/C27H34N2O3/c1-19(2)20(3)29-18-24(22-8-4-6-10-25(22)29)21-12-14-28(15-13-21)16-17-32-26-11-7-5-9-23(26)27(30)31/h4-11,18-21H,12-17H2,1-3H3,(H,30,31). The van der Waals surface area contributed by atoms with Crippen LogP contribution >= 0.6 is 0 Å². The topological polar surface area (TPSA) is 54.7 Å². The normalized spacial score (nSPS) is 16.5. The Labute approximate surface area is 190 Å². The summed E-state index contributed by atoms with van der Waals surface area (Å²) in [5.74, 6) is 0.659. The molecule has 2 aromatic carbocycles. The van der Waals surface area contributed by atoms with Crippen LogP contribution in [0, 0.1) is 5.92 Å². The van der Waals surface area contributed by atoms with Gasteiger partial charge in [-0.15, -0.1) is 0 Å². The number of fused-ring (bicyclic) bond motifs is 1. The second-order valence-electron chi connectivity index (χ2n) is 9.26. The molecule has 0 radical (unpaired) electrons. The second-order valence-corrected chi connectivity index (χ2v) is 9.26.